The van der Waals surface area contributed by atoms with Crippen LogP contribution in [0.5, 0.6) is 0 Å². The fraction of sp³-hybridized carbons (Fsp3) is 0.476. The molecule has 0 aliphatic rings. The number of sulfonamides is 1. The fourth-order valence-corrected chi connectivity index (χ4v) is 5.58. The number of nitrogens with one attached hydrogen (secondary N) is 1. The number of benzene rings is 1. The van der Waals surface area contributed by atoms with Crippen molar-refractivity contribution in [2.45, 2.75) is 46.4 Å². The van der Waals surface area contributed by atoms with Crippen LogP contribution in [0.4, 0.5) is 5.13 Å². The second kappa shape index (κ2) is 9.80. The number of carbonyl (C=O) groups is 2. The lowest BCUT2D eigenvalue weighted by atomic mass is 10.2. The highest BCUT2D eigenvalue weighted by molar-refractivity contribution is 7.89. The van der Waals surface area contributed by atoms with Gasteiger partial charge < -0.3 is 0 Å². The molecule has 0 bridgehead atoms. The van der Waals surface area contributed by atoms with E-state index in [1.165, 1.54) is 35.5 Å². The van der Waals surface area contributed by atoms with Gasteiger partial charge in [-0.2, -0.15) is 4.31 Å². The number of Topliss-reactive ketones (excluding diaryl/α,β-unsaturated/α-hetero) is 1. The molecule has 2 aromatic rings. The van der Waals surface area contributed by atoms with E-state index in [4.69, 9.17) is 0 Å². The van der Waals surface area contributed by atoms with Crippen molar-refractivity contribution in [1.82, 2.24) is 9.29 Å². The third-order valence-electron chi connectivity index (χ3n) is 4.23. The molecule has 1 aromatic carbocycles. The molecule has 0 aliphatic heterocycles. The molecule has 0 spiro atoms. The van der Waals surface area contributed by atoms with Crippen molar-refractivity contribution in [2.24, 2.45) is 11.8 Å². The second-order valence-corrected chi connectivity index (χ2v) is 11.0. The zero-order chi connectivity index (χ0) is 22.6. The van der Waals surface area contributed by atoms with Crippen molar-refractivity contribution in [2.75, 3.05) is 18.4 Å². The first kappa shape index (κ1) is 24.2. The number of aryl methyl sites for hydroxylation is 1. The third kappa shape index (κ3) is 5.96. The Morgan fingerprint density at radius 3 is 2.03 bits per heavy atom. The molecule has 1 heterocycles. The summed E-state index contributed by atoms with van der Waals surface area (Å²) >= 11 is 1.12. The highest BCUT2D eigenvalue weighted by Gasteiger charge is 2.26. The van der Waals surface area contributed by atoms with Gasteiger partial charge in [-0.3, -0.25) is 14.9 Å². The molecule has 0 atom stereocenters. The van der Waals surface area contributed by atoms with E-state index in [0.717, 1.165) is 11.3 Å². The molecule has 0 saturated carbocycles. The number of hydrogen-bond acceptors (Lipinski definition) is 6. The molecular weight excluding hydrogens is 422 g/mol. The molecule has 0 radical (unpaired) electrons. The van der Waals surface area contributed by atoms with E-state index in [-0.39, 0.29) is 22.5 Å². The van der Waals surface area contributed by atoms with Crippen molar-refractivity contribution < 1.29 is 18.0 Å². The van der Waals surface area contributed by atoms with Gasteiger partial charge >= 0.3 is 0 Å². The Kier molecular flexibility index (Phi) is 7.90. The molecule has 0 unspecified atom stereocenters. The van der Waals surface area contributed by atoms with Crippen molar-refractivity contribution in [1.29, 1.82) is 0 Å². The number of ketones is 1. The van der Waals surface area contributed by atoms with Crippen LogP contribution in [0.3, 0.4) is 0 Å². The predicted octanol–water partition coefficient (Wildman–Crippen LogP) is 4.21. The Balaban J connectivity index is 2.20. The molecule has 0 aliphatic carbocycles. The van der Waals surface area contributed by atoms with Crippen LogP contribution in [0.1, 0.15) is 60.3 Å². The summed E-state index contributed by atoms with van der Waals surface area (Å²) in [6.45, 7) is 12.0. The molecule has 1 N–H and O–H groups in total. The fourth-order valence-electron chi connectivity index (χ4n) is 2.96. The Morgan fingerprint density at radius 1 is 1.07 bits per heavy atom. The number of hydrogen-bond donors (Lipinski definition) is 1. The SMILES string of the molecule is CC(=O)c1sc(NC(=O)c2ccc(S(=O)(=O)N(CC(C)C)CC(C)C)cc2)nc1C. The van der Waals surface area contributed by atoms with Crippen molar-refractivity contribution in [3.05, 3.63) is 40.4 Å². The molecular formula is C21H29N3O4S2. The summed E-state index contributed by atoms with van der Waals surface area (Å²) in [5, 5.41) is 3.00. The van der Waals surface area contributed by atoms with Crippen LogP contribution in [0.25, 0.3) is 0 Å². The average molecular weight is 452 g/mol. The van der Waals surface area contributed by atoms with Crippen LogP contribution in [0, 0.1) is 18.8 Å². The van der Waals surface area contributed by atoms with E-state index in [1.807, 2.05) is 27.7 Å². The Morgan fingerprint density at radius 2 is 1.60 bits per heavy atom. The standard InChI is InChI=1S/C21H29N3O4S2/c1-13(2)11-24(12-14(3)4)30(27,28)18-9-7-17(8-10-18)20(26)23-21-22-15(5)19(29-21)16(6)25/h7-10,13-14H,11-12H2,1-6H3,(H,22,23,26). The number of carbonyl (C=O) groups excluding carboxylic acids is 2. The van der Waals surface area contributed by atoms with E-state index < -0.39 is 15.9 Å². The molecule has 9 heteroatoms. The van der Waals surface area contributed by atoms with Crippen LogP contribution < -0.4 is 5.32 Å². The summed E-state index contributed by atoms with van der Waals surface area (Å²) in [7, 11) is -3.65. The second-order valence-electron chi connectivity index (χ2n) is 8.08. The lowest BCUT2D eigenvalue weighted by Crippen LogP contribution is -2.37. The summed E-state index contributed by atoms with van der Waals surface area (Å²) in [5.74, 6) is -0.119. The maximum absolute atomic E-state index is 13.1. The Bertz CT molecular complexity index is 999. The first-order valence-corrected chi connectivity index (χ1v) is 12.1. The minimum atomic E-state index is -3.65. The molecule has 0 saturated heterocycles. The number of aromatic nitrogens is 1. The molecule has 0 fully saturated rings. The summed E-state index contributed by atoms with van der Waals surface area (Å²) < 4.78 is 27.6. The molecule has 2 rings (SSSR count). The number of rotatable bonds is 9. The van der Waals surface area contributed by atoms with E-state index >= 15 is 0 Å². The van der Waals surface area contributed by atoms with Gasteiger partial charge in [0.05, 0.1) is 15.5 Å². The zero-order valence-corrected chi connectivity index (χ0v) is 19.9. The lowest BCUT2D eigenvalue weighted by Gasteiger charge is -2.25. The minimum Gasteiger partial charge on any atom is -0.298 e. The van der Waals surface area contributed by atoms with Crippen LogP contribution >= 0.6 is 11.3 Å². The van der Waals surface area contributed by atoms with Crippen LogP contribution in [-0.4, -0.2) is 42.5 Å². The van der Waals surface area contributed by atoms with Gasteiger partial charge in [-0.25, -0.2) is 13.4 Å². The first-order valence-electron chi connectivity index (χ1n) is 9.81. The Hall–Kier alpha value is -2.10. The van der Waals surface area contributed by atoms with E-state index in [1.54, 1.807) is 6.92 Å². The predicted molar refractivity (Wildman–Crippen MR) is 120 cm³/mol. The van der Waals surface area contributed by atoms with Gasteiger partial charge in [-0.15, -0.1) is 0 Å². The lowest BCUT2D eigenvalue weighted by molar-refractivity contribution is 0.101. The van der Waals surface area contributed by atoms with Crippen molar-refractivity contribution in [3.63, 3.8) is 0 Å². The zero-order valence-electron chi connectivity index (χ0n) is 18.2. The maximum atomic E-state index is 13.1. The quantitative estimate of drug-likeness (QED) is 0.576. The van der Waals surface area contributed by atoms with Gasteiger partial charge in [0, 0.05) is 25.6 Å². The third-order valence-corrected chi connectivity index (χ3v) is 7.25. The summed E-state index contributed by atoms with van der Waals surface area (Å²) in [5.41, 5.74) is 0.880. The maximum Gasteiger partial charge on any atom is 0.257 e. The molecule has 1 amide bonds. The van der Waals surface area contributed by atoms with Gasteiger partial charge in [-0.1, -0.05) is 39.0 Å². The molecule has 30 heavy (non-hydrogen) atoms. The van der Waals surface area contributed by atoms with E-state index in [2.05, 4.69) is 10.3 Å². The molecule has 164 valence electrons. The van der Waals surface area contributed by atoms with Crippen molar-refractivity contribution >= 4 is 38.2 Å². The highest BCUT2D eigenvalue weighted by Crippen LogP contribution is 2.24. The van der Waals surface area contributed by atoms with Crippen LogP contribution in [-0.2, 0) is 10.0 Å². The minimum absolute atomic E-state index is 0.104. The number of amides is 1. The number of thiazole rings is 1. The molecule has 7 nitrogen and oxygen atoms in total. The first-order chi connectivity index (χ1) is 13.9. The van der Waals surface area contributed by atoms with E-state index in [0.29, 0.717) is 34.4 Å². The van der Waals surface area contributed by atoms with Crippen molar-refractivity contribution in [3.8, 4) is 0 Å². The monoisotopic (exact) mass is 451 g/mol. The number of anilines is 1. The van der Waals surface area contributed by atoms with Gasteiger partial charge in [-0.05, 0) is 43.0 Å². The topological polar surface area (TPSA) is 96.4 Å². The Labute approximate surface area is 182 Å². The number of nitrogens with zero attached hydrogens (tertiary/aromatic N) is 2. The summed E-state index contributed by atoms with van der Waals surface area (Å²) in [6.07, 6.45) is 0. The average Bonchev–Trinajstić information content (AvgIpc) is 3.01. The van der Waals surface area contributed by atoms with Gasteiger partial charge in [0.25, 0.3) is 5.91 Å². The van der Waals surface area contributed by atoms with Gasteiger partial charge in [0.15, 0.2) is 10.9 Å². The normalized spacial score (nSPS) is 12.0. The highest BCUT2D eigenvalue weighted by atomic mass is 32.2. The van der Waals surface area contributed by atoms with Crippen LogP contribution in [0.2, 0.25) is 0 Å². The molecule has 1 aromatic heterocycles. The van der Waals surface area contributed by atoms with Gasteiger partial charge in [0.2, 0.25) is 10.0 Å². The van der Waals surface area contributed by atoms with E-state index in [9.17, 15) is 18.0 Å². The summed E-state index contributed by atoms with van der Waals surface area (Å²) in [6, 6.07) is 5.87. The largest absolute Gasteiger partial charge is 0.298 e. The summed E-state index contributed by atoms with van der Waals surface area (Å²) in [4.78, 5) is 28.9. The van der Waals surface area contributed by atoms with Crippen LogP contribution in [0.15, 0.2) is 29.2 Å². The smallest absolute Gasteiger partial charge is 0.257 e. The van der Waals surface area contributed by atoms with Gasteiger partial charge in [0.1, 0.15) is 0 Å².